The van der Waals surface area contributed by atoms with Crippen LogP contribution in [0.25, 0.3) is 0 Å². The third-order valence-corrected chi connectivity index (χ3v) is 4.22. The molecule has 0 bridgehead atoms. The van der Waals surface area contributed by atoms with E-state index in [2.05, 4.69) is 49.2 Å². The van der Waals surface area contributed by atoms with E-state index in [1.54, 1.807) is 0 Å². The van der Waals surface area contributed by atoms with Gasteiger partial charge in [-0.2, -0.15) is 0 Å². The molecule has 0 amide bonds. The minimum atomic E-state index is 0.563. The molecular weight excluding hydrogens is 194 g/mol. The lowest BCUT2D eigenvalue weighted by atomic mass is 9.72. The second kappa shape index (κ2) is 5.01. The van der Waals surface area contributed by atoms with Crippen molar-refractivity contribution in [2.24, 2.45) is 5.41 Å². The van der Waals surface area contributed by atoms with Crippen molar-refractivity contribution in [2.45, 2.75) is 32.6 Å². The van der Waals surface area contributed by atoms with Gasteiger partial charge in [0.2, 0.25) is 0 Å². The normalized spacial score (nSPS) is 20.9. The van der Waals surface area contributed by atoms with Crippen molar-refractivity contribution in [2.75, 3.05) is 20.1 Å². The van der Waals surface area contributed by atoms with Gasteiger partial charge in [-0.15, -0.1) is 0 Å². The van der Waals surface area contributed by atoms with E-state index in [1.807, 2.05) is 0 Å². The fraction of sp³-hybridized carbons (Fsp3) is 0.600. The Balaban J connectivity index is 2.05. The first-order chi connectivity index (χ1) is 7.74. The summed E-state index contributed by atoms with van der Waals surface area (Å²) in [5.74, 6) is 0. The molecule has 1 nitrogen and oxygen atoms in total. The molecule has 0 N–H and O–H groups in total. The molecule has 88 valence electrons. The van der Waals surface area contributed by atoms with Gasteiger partial charge in [-0.3, -0.25) is 0 Å². The number of benzene rings is 1. The zero-order valence-corrected chi connectivity index (χ0v) is 10.6. The van der Waals surface area contributed by atoms with Gasteiger partial charge in [-0.05, 0) is 50.4 Å². The highest BCUT2D eigenvalue weighted by molar-refractivity contribution is 5.16. The van der Waals surface area contributed by atoms with Crippen LogP contribution in [0.3, 0.4) is 0 Å². The van der Waals surface area contributed by atoms with Crippen molar-refractivity contribution < 1.29 is 0 Å². The average Bonchev–Trinajstić information content (AvgIpc) is 2.34. The lowest BCUT2D eigenvalue weighted by Gasteiger charge is -2.40. The molecule has 0 aromatic heterocycles. The van der Waals surface area contributed by atoms with Crippen LogP contribution < -0.4 is 0 Å². The summed E-state index contributed by atoms with van der Waals surface area (Å²) >= 11 is 0. The van der Waals surface area contributed by atoms with Crippen LogP contribution in [0.4, 0.5) is 0 Å². The van der Waals surface area contributed by atoms with Crippen molar-refractivity contribution >= 4 is 0 Å². The zero-order valence-electron chi connectivity index (χ0n) is 10.6. The van der Waals surface area contributed by atoms with E-state index in [1.165, 1.54) is 44.3 Å². The second-order valence-corrected chi connectivity index (χ2v) is 5.32. The maximum absolute atomic E-state index is 2.46. The first-order valence-electron chi connectivity index (χ1n) is 6.47. The fourth-order valence-corrected chi connectivity index (χ4v) is 2.78. The topological polar surface area (TPSA) is 3.24 Å². The molecule has 0 unspecified atom stereocenters. The van der Waals surface area contributed by atoms with Crippen molar-refractivity contribution in [3.8, 4) is 0 Å². The summed E-state index contributed by atoms with van der Waals surface area (Å²) in [6.07, 6.45) is 5.29. The van der Waals surface area contributed by atoms with E-state index in [9.17, 15) is 0 Å². The molecule has 16 heavy (non-hydrogen) atoms. The van der Waals surface area contributed by atoms with Gasteiger partial charge in [0.1, 0.15) is 0 Å². The van der Waals surface area contributed by atoms with Crippen LogP contribution in [0.1, 0.15) is 31.7 Å². The molecule has 0 saturated carbocycles. The maximum atomic E-state index is 2.46. The highest BCUT2D eigenvalue weighted by atomic mass is 15.1. The van der Waals surface area contributed by atoms with E-state index >= 15 is 0 Å². The monoisotopic (exact) mass is 217 g/mol. The summed E-state index contributed by atoms with van der Waals surface area (Å²) in [6.45, 7) is 4.88. The molecule has 1 aliphatic rings. The maximum Gasteiger partial charge on any atom is -0.00164 e. The Morgan fingerprint density at radius 2 is 1.75 bits per heavy atom. The summed E-state index contributed by atoms with van der Waals surface area (Å²) in [5.41, 5.74) is 2.07. The Kier molecular flexibility index (Phi) is 3.65. The van der Waals surface area contributed by atoms with Gasteiger partial charge in [0, 0.05) is 0 Å². The van der Waals surface area contributed by atoms with E-state index in [4.69, 9.17) is 0 Å². The molecule has 0 spiro atoms. The molecule has 1 aromatic rings. The van der Waals surface area contributed by atoms with Crippen LogP contribution >= 0.6 is 0 Å². The highest BCUT2D eigenvalue weighted by Gasteiger charge is 2.31. The number of hydrogen-bond acceptors (Lipinski definition) is 1. The van der Waals surface area contributed by atoms with Gasteiger partial charge in [0.25, 0.3) is 0 Å². The summed E-state index contributed by atoms with van der Waals surface area (Å²) in [7, 11) is 2.24. The molecule has 1 saturated heterocycles. The van der Waals surface area contributed by atoms with Crippen LogP contribution in [0, 0.1) is 5.41 Å². The van der Waals surface area contributed by atoms with Gasteiger partial charge in [-0.1, -0.05) is 43.7 Å². The largest absolute Gasteiger partial charge is 0.306 e. The Morgan fingerprint density at radius 3 is 2.31 bits per heavy atom. The molecule has 2 rings (SSSR count). The predicted molar refractivity (Wildman–Crippen MR) is 69.6 cm³/mol. The standard InChI is InChI=1S/C15H23N/c1-3-15(9-11-16(2)12-10-15)13-14-7-5-4-6-8-14/h4-8H,3,9-13H2,1-2H3. The van der Waals surface area contributed by atoms with Gasteiger partial charge in [0.05, 0.1) is 0 Å². The lowest BCUT2D eigenvalue weighted by Crippen LogP contribution is -2.38. The van der Waals surface area contributed by atoms with Gasteiger partial charge >= 0.3 is 0 Å². The third-order valence-electron chi connectivity index (χ3n) is 4.22. The second-order valence-electron chi connectivity index (χ2n) is 5.32. The van der Waals surface area contributed by atoms with Crippen molar-refractivity contribution in [3.05, 3.63) is 35.9 Å². The molecule has 0 aliphatic carbocycles. The summed E-state index contributed by atoms with van der Waals surface area (Å²) in [5, 5.41) is 0. The zero-order chi connectivity index (χ0) is 11.4. The Bertz CT molecular complexity index is 309. The van der Waals surface area contributed by atoms with Crippen LogP contribution in [-0.2, 0) is 6.42 Å². The Labute approximate surface area is 99.5 Å². The number of rotatable bonds is 3. The first kappa shape index (κ1) is 11.7. The van der Waals surface area contributed by atoms with Crippen LogP contribution in [0.15, 0.2) is 30.3 Å². The fourth-order valence-electron chi connectivity index (χ4n) is 2.78. The van der Waals surface area contributed by atoms with Crippen LogP contribution in [0.2, 0.25) is 0 Å². The number of hydrogen-bond donors (Lipinski definition) is 0. The summed E-state index contributed by atoms with van der Waals surface area (Å²) in [4.78, 5) is 2.46. The van der Waals surface area contributed by atoms with Crippen molar-refractivity contribution in [1.82, 2.24) is 4.90 Å². The van der Waals surface area contributed by atoms with E-state index in [0.29, 0.717) is 5.41 Å². The van der Waals surface area contributed by atoms with Crippen molar-refractivity contribution in [1.29, 1.82) is 0 Å². The first-order valence-corrected chi connectivity index (χ1v) is 6.47. The smallest absolute Gasteiger partial charge is 0.00164 e. The third kappa shape index (κ3) is 2.65. The number of piperidine rings is 1. The summed E-state index contributed by atoms with van der Waals surface area (Å²) < 4.78 is 0. The average molecular weight is 217 g/mol. The van der Waals surface area contributed by atoms with Gasteiger partial charge in [-0.25, -0.2) is 0 Å². The highest BCUT2D eigenvalue weighted by Crippen LogP contribution is 2.37. The van der Waals surface area contributed by atoms with Crippen molar-refractivity contribution in [3.63, 3.8) is 0 Å². The molecule has 1 aromatic carbocycles. The van der Waals surface area contributed by atoms with E-state index in [-0.39, 0.29) is 0 Å². The molecule has 1 fully saturated rings. The molecule has 0 radical (unpaired) electrons. The number of likely N-dealkylation sites (tertiary alicyclic amines) is 1. The number of nitrogens with zero attached hydrogens (tertiary/aromatic N) is 1. The summed E-state index contributed by atoms with van der Waals surface area (Å²) in [6, 6.07) is 11.0. The molecule has 0 atom stereocenters. The molecule has 1 heteroatoms. The Morgan fingerprint density at radius 1 is 1.12 bits per heavy atom. The predicted octanol–water partition coefficient (Wildman–Crippen LogP) is 3.35. The van der Waals surface area contributed by atoms with Gasteiger partial charge < -0.3 is 4.90 Å². The van der Waals surface area contributed by atoms with Crippen LogP contribution in [-0.4, -0.2) is 25.0 Å². The minimum absolute atomic E-state index is 0.563. The molecule has 1 heterocycles. The van der Waals surface area contributed by atoms with Gasteiger partial charge in [0.15, 0.2) is 0 Å². The van der Waals surface area contributed by atoms with E-state index < -0.39 is 0 Å². The Hall–Kier alpha value is -0.820. The SMILES string of the molecule is CCC1(Cc2ccccc2)CCN(C)CC1. The quantitative estimate of drug-likeness (QED) is 0.750. The lowest BCUT2D eigenvalue weighted by molar-refractivity contribution is 0.117. The molecular formula is C15H23N. The van der Waals surface area contributed by atoms with E-state index in [0.717, 1.165) is 0 Å². The minimum Gasteiger partial charge on any atom is -0.306 e. The van der Waals surface area contributed by atoms with Crippen LogP contribution in [0.5, 0.6) is 0 Å². The molecule has 1 aliphatic heterocycles.